The molecule has 5 nitrogen and oxygen atoms in total. The minimum atomic E-state index is -0.946. The Hall–Kier alpha value is -1.95. The average molecular weight is 276 g/mol. The van der Waals surface area contributed by atoms with Gasteiger partial charge in [0.25, 0.3) is 5.91 Å². The molecule has 0 spiro atoms. The molecule has 1 aromatic carbocycles. The third kappa shape index (κ3) is 1.98. The molecule has 0 bridgehead atoms. The van der Waals surface area contributed by atoms with Gasteiger partial charge in [0.15, 0.2) is 0 Å². The van der Waals surface area contributed by atoms with Gasteiger partial charge in [-0.3, -0.25) is 4.79 Å². The lowest BCUT2D eigenvalue weighted by molar-refractivity contribution is -0.140. The number of H-pyrrole nitrogens is 1. The maximum atomic E-state index is 12.5. The van der Waals surface area contributed by atoms with Crippen molar-refractivity contribution < 1.29 is 14.7 Å². The van der Waals surface area contributed by atoms with Crippen LogP contribution in [0.2, 0.25) is 0 Å². The molecule has 3 rings (SSSR count). The van der Waals surface area contributed by atoms with Crippen LogP contribution in [-0.2, 0) is 4.79 Å². The highest BCUT2D eigenvalue weighted by molar-refractivity contribution is 7.99. The van der Waals surface area contributed by atoms with Gasteiger partial charge in [-0.15, -0.1) is 11.8 Å². The van der Waals surface area contributed by atoms with Crippen LogP contribution in [0.3, 0.4) is 0 Å². The van der Waals surface area contributed by atoms with E-state index in [-0.39, 0.29) is 5.91 Å². The summed E-state index contributed by atoms with van der Waals surface area (Å²) < 4.78 is 0. The molecule has 6 heteroatoms. The van der Waals surface area contributed by atoms with Crippen molar-refractivity contribution in [1.82, 2.24) is 9.88 Å². The molecular formula is C13H12N2O3S. The van der Waals surface area contributed by atoms with Gasteiger partial charge in [0.1, 0.15) is 6.04 Å². The van der Waals surface area contributed by atoms with Gasteiger partial charge in [-0.05, 0) is 6.07 Å². The topological polar surface area (TPSA) is 73.4 Å². The van der Waals surface area contributed by atoms with Gasteiger partial charge in [0, 0.05) is 22.9 Å². The first kappa shape index (κ1) is 12.1. The number of hydrogen-bond acceptors (Lipinski definition) is 3. The summed E-state index contributed by atoms with van der Waals surface area (Å²) in [5.74, 6) is -0.299. The van der Waals surface area contributed by atoms with E-state index in [2.05, 4.69) is 4.98 Å². The monoisotopic (exact) mass is 276 g/mol. The van der Waals surface area contributed by atoms with Gasteiger partial charge in [-0.2, -0.15) is 0 Å². The SMILES string of the molecule is O=C(O)C1CSCN1C(=O)c1c[nH]c2ccccc12. The van der Waals surface area contributed by atoms with Crippen LogP contribution in [-0.4, -0.2) is 44.5 Å². The molecule has 1 unspecified atom stereocenters. The predicted molar refractivity (Wildman–Crippen MR) is 73.2 cm³/mol. The van der Waals surface area contributed by atoms with Crippen molar-refractivity contribution in [2.45, 2.75) is 6.04 Å². The highest BCUT2D eigenvalue weighted by Crippen LogP contribution is 2.26. The molecule has 2 aromatic rings. The molecule has 19 heavy (non-hydrogen) atoms. The number of nitrogens with one attached hydrogen (secondary N) is 1. The number of carbonyl (C=O) groups is 2. The molecule has 0 aliphatic carbocycles. The maximum Gasteiger partial charge on any atom is 0.327 e. The van der Waals surface area contributed by atoms with Crippen LogP contribution in [0.25, 0.3) is 10.9 Å². The summed E-state index contributed by atoms with van der Waals surface area (Å²) in [6.45, 7) is 0. The lowest BCUT2D eigenvalue weighted by Gasteiger charge is -2.19. The summed E-state index contributed by atoms with van der Waals surface area (Å²) in [6, 6.07) is 6.77. The molecule has 1 aliphatic rings. The molecule has 2 heterocycles. The molecule has 0 radical (unpaired) electrons. The first-order valence-electron chi connectivity index (χ1n) is 5.86. The molecule has 0 saturated carbocycles. The van der Waals surface area contributed by atoms with Gasteiger partial charge >= 0.3 is 5.97 Å². The van der Waals surface area contributed by atoms with E-state index in [0.717, 1.165) is 10.9 Å². The Labute approximate surface area is 113 Å². The minimum absolute atomic E-state index is 0.227. The van der Waals surface area contributed by atoms with E-state index in [0.29, 0.717) is 17.2 Å². The number of fused-ring (bicyclic) bond motifs is 1. The lowest BCUT2D eigenvalue weighted by atomic mass is 10.1. The maximum absolute atomic E-state index is 12.5. The number of aliphatic carboxylic acids is 1. The van der Waals surface area contributed by atoms with Crippen molar-refractivity contribution in [3.05, 3.63) is 36.0 Å². The zero-order chi connectivity index (χ0) is 13.4. The Bertz CT molecular complexity index is 652. The second-order valence-electron chi connectivity index (χ2n) is 4.38. The van der Waals surface area contributed by atoms with Crippen LogP contribution < -0.4 is 0 Å². The number of para-hydroxylation sites is 1. The van der Waals surface area contributed by atoms with Crippen LogP contribution >= 0.6 is 11.8 Å². The smallest absolute Gasteiger partial charge is 0.327 e. The van der Waals surface area contributed by atoms with Gasteiger partial charge in [-0.25, -0.2) is 4.79 Å². The zero-order valence-electron chi connectivity index (χ0n) is 10.00. The lowest BCUT2D eigenvalue weighted by Crippen LogP contribution is -2.41. The molecule has 1 saturated heterocycles. The van der Waals surface area contributed by atoms with E-state index in [1.807, 2.05) is 24.3 Å². The highest BCUT2D eigenvalue weighted by atomic mass is 32.2. The van der Waals surface area contributed by atoms with Gasteiger partial charge in [0.05, 0.1) is 11.4 Å². The van der Waals surface area contributed by atoms with Crippen molar-refractivity contribution in [2.24, 2.45) is 0 Å². The average Bonchev–Trinajstić information content (AvgIpc) is 3.05. The summed E-state index contributed by atoms with van der Waals surface area (Å²) in [5, 5.41) is 9.96. The van der Waals surface area contributed by atoms with Crippen LogP contribution in [0.1, 0.15) is 10.4 Å². The molecule has 1 aliphatic heterocycles. The standard InChI is InChI=1S/C13H12N2O3S/c16-12(15-7-19-6-11(15)13(17)18)9-5-14-10-4-2-1-3-8(9)10/h1-5,11,14H,6-7H2,(H,17,18). The zero-order valence-corrected chi connectivity index (χ0v) is 10.8. The largest absolute Gasteiger partial charge is 0.480 e. The predicted octanol–water partition coefficient (Wildman–Crippen LogP) is 1.77. The third-order valence-corrected chi connectivity index (χ3v) is 4.26. The Morgan fingerprint density at radius 2 is 2.16 bits per heavy atom. The summed E-state index contributed by atoms with van der Waals surface area (Å²) in [4.78, 5) is 28.1. The number of carboxylic acid groups (broad SMARTS) is 1. The van der Waals surface area contributed by atoms with Gasteiger partial charge < -0.3 is 15.0 Å². The minimum Gasteiger partial charge on any atom is -0.480 e. The van der Waals surface area contributed by atoms with Crippen molar-refractivity contribution >= 4 is 34.5 Å². The number of aromatic amines is 1. The fourth-order valence-corrected chi connectivity index (χ4v) is 3.40. The fraction of sp³-hybridized carbons (Fsp3) is 0.231. The van der Waals surface area contributed by atoms with E-state index >= 15 is 0 Å². The second-order valence-corrected chi connectivity index (χ2v) is 5.38. The molecule has 98 valence electrons. The Kier molecular flexibility index (Phi) is 2.94. The third-order valence-electron chi connectivity index (χ3n) is 3.25. The Morgan fingerprint density at radius 1 is 1.37 bits per heavy atom. The Morgan fingerprint density at radius 3 is 2.95 bits per heavy atom. The number of aromatic nitrogens is 1. The normalized spacial score (nSPS) is 18.9. The number of hydrogen-bond donors (Lipinski definition) is 2. The van der Waals surface area contributed by atoms with Crippen molar-refractivity contribution in [3.8, 4) is 0 Å². The van der Waals surface area contributed by atoms with Crippen molar-refractivity contribution in [3.63, 3.8) is 0 Å². The van der Waals surface area contributed by atoms with Gasteiger partial charge in [0.2, 0.25) is 0 Å². The summed E-state index contributed by atoms with van der Waals surface area (Å²) in [6.07, 6.45) is 1.65. The highest BCUT2D eigenvalue weighted by Gasteiger charge is 2.35. The number of amides is 1. The quantitative estimate of drug-likeness (QED) is 0.876. The molecule has 1 aromatic heterocycles. The van der Waals surface area contributed by atoms with Crippen LogP contribution in [0, 0.1) is 0 Å². The summed E-state index contributed by atoms with van der Waals surface area (Å²) in [5.41, 5.74) is 1.41. The number of thioether (sulfide) groups is 1. The molecule has 1 amide bonds. The fourth-order valence-electron chi connectivity index (χ4n) is 2.25. The summed E-state index contributed by atoms with van der Waals surface area (Å²) >= 11 is 1.46. The summed E-state index contributed by atoms with van der Waals surface area (Å²) in [7, 11) is 0. The van der Waals surface area contributed by atoms with E-state index in [1.54, 1.807) is 6.20 Å². The van der Waals surface area contributed by atoms with Crippen LogP contribution in [0.5, 0.6) is 0 Å². The molecule has 2 N–H and O–H groups in total. The van der Waals surface area contributed by atoms with Crippen LogP contribution in [0.4, 0.5) is 0 Å². The van der Waals surface area contributed by atoms with E-state index < -0.39 is 12.0 Å². The second kappa shape index (κ2) is 4.62. The number of carboxylic acids is 1. The van der Waals surface area contributed by atoms with Crippen LogP contribution in [0.15, 0.2) is 30.5 Å². The number of rotatable bonds is 2. The molecule has 1 atom stereocenters. The number of benzene rings is 1. The van der Waals surface area contributed by atoms with Gasteiger partial charge in [-0.1, -0.05) is 18.2 Å². The molecular weight excluding hydrogens is 264 g/mol. The van der Waals surface area contributed by atoms with E-state index in [9.17, 15) is 9.59 Å². The molecule has 1 fully saturated rings. The van der Waals surface area contributed by atoms with E-state index in [1.165, 1.54) is 16.7 Å². The number of nitrogens with zero attached hydrogens (tertiary/aromatic N) is 1. The van der Waals surface area contributed by atoms with Crippen molar-refractivity contribution in [1.29, 1.82) is 0 Å². The number of carbonyl (C=O) groups excluding carboxylic acids is 1. The van der Waals surface area contributed by atoms with E-state index in [4.69, 9.17) is 5.11 Å². The Balaban J connectivity index is 1.98. The first-order chi connectivity index (χ1) is 9.18. The van der Waals surface area contributed by atoms with Crippen molar-refractivity contribution in [2.75, 3.05) is 11.6 Å². The first-order valence-corrected chi connectivity index (χ1v) is 7.01.